The molecule has 0 saturated carbocycles. The van der Waals surface area contributed by atoms with Crippen molar-refractivity contribution in [2.75, 3.05) is 17.4 Å². The molecule has 0 aromatic heterocycles. The Kier molecular flexibility index (Phi) is 6.46. The van der Waals surface area contributed by atoms with E-state index in [4.69, 9.17) is 0 Å². The molecule has 2 atom stereocenters. The molecule has 2 aliphatic heterocycles. The van der Waals surface area contributed by atoms with Crippen LogP contribution in [0, 0.1) is 5.82 Å². The van der Waals surface area contributed by atoms with E-state index in [0.717, 1.165) is 44.6 Å². The summed E-state index contributed by atoms with van der Waals surface area (Å²) in [6, 6.07) is 25.2. The van der Waals surface area contributed by atoms with Crippen molar-refractivity contribution in [1.82, 2.24) is 9.62 Å². The first-order valence-corrected chi connectivity index (χ1v) is 12.7. The highest BCUT2D eigenvalue weighted by Gasteiger charge is 2.46. The highest BCUT2D eigenvalue weighted by Crippen LogP contribution is 2.43. The Balaban J connectivity index is 1.31. The van der Waals surface area contributed by atoms with Crippen LogP contribution >= 0.6 is 12.1 Å². The molecule has 2 fully saturated rings. The quantitative estimate of drug-likeness (QED) is 0.440. The Labute approximate surface area is 201 Å². The number of hydrogen-bond acceptors (Lipinski definition) is 4. The van der Waals surface area contributed by atoms with Crippen molar-refractivity contribution in [3.8, 4) is 11.1 Å². The van der Waals surface area contributed by atoms with Gasteiger partial charge >= 0.3 is 0 Å². The first-order valence-electron chi connectivity index (χ1n) is 11.9. The van der Waals surface area contributed by atoms with Gasteiger partial charge in [0.2, 0.25) is 0 Å². The molecular weight excluding hydrogens is 429 g/mol. The predicted molar refractivity (Wildman–Crippen MR) is 138 cm³/mol. The Morgan fingerprint density at radius 1 is 1.06 bits per heavy atom. The Morgan fingerprint density at radius 3 is 2.73 bits per heavy atom. The number of likely N-dealkylation sites (tertiary alicyclic amines) is 1. The zero-order valence-electron chi connectivity index (χ0n) is 19.4. The van der Waals surface area contributed by atoms with Gasteiger partial charge in [-0.3, -0.25) is 9.21 Å². The molecule has 0 unspecified atom stereocenters. The Bertz CT molecular complexity index is 1120. The van der Waals surface area contributed by atoms with Gasteiger partial charge < -0.3 is 0 Å². The molecule has 2 aliphatic rings. The van der Waals surface area contributed by atoms with Crippen LogP contribution in [-0.2, 0) is 13.0 Å². The molecule has 172 valence electrons. The van der Waals surface area contributed by atoms with E-state index < -0.39 is 0 Å². The number of benzene rings is 3. The second-order valence-corrected chi connectivity index (χ2v) is 10.2. The van der Waals surface area contributed by atoms with Crippen LogP contribution in [0.5, 0.6) is 0 Å². The van der Waals surface area contributed by atoms with Gasteiger partial charge in [-0.15, -0.1) is 0 Å². The lowest BCUT2D eigenvalue weighted by atomic mass is 9.83. The molecule has 2 heterocycles. The molecule has 3 aromatic carbocycles. The fourth-order valence-corrected chi connectivity index (χ4v) is 6.55. The fraction of sp³-hybridized carbons (Fsp3) is 0.357. The molecule has 0 aliphatic carbocycles. The van der Waals surface area contributed by atoms with Crippen LogP contribution < -0.4 is 9.03 Å². The largest absolute Gasteiger partial charge is 0.296 e. The third kappa shape index (κ3) is 4.54. The molecule has 33 heavy (non-hydrogen) atoms. The molecule has 5 heteroatoms. The van der Waals surface area contributed by atoms with Crippen LogP contribution in [0.25, 0.3) is 11.1 Å². The molecule has 1 N–H and O–H groups in total. The van der Waals surface area contributed by atoms with Gasteiger partial charge in [-0.05, 0) is 72.7 Å². The topological polar surface area (TPSA) is 18.5 Å². The molecule has 3 aromatic rings. The summed E-state index contributed by atoms with van der Waals surface area (Å²) in [5, 5.41) is 0. The summed E-state index contributed by atoms with van der Waals surface area (Å²) in [4.78, 5) is 2.60. The fourth-order valence-electron chi connectivity index (χ4n) is 5.44. The molecule has 2 saturated heterocycles. The summed E-state index contributed by atoms with van der Waals surface area (Å²) in [6.07, 6.45) is 3.16. The molecule has 1 spiro atoms. The average molecular weight is 462 g/mol. The standard InChI is InChI=1S/C28H32FN3S/c1-3-23-9-4-5-13-27(23)24-10-6-8-22(16-24)19-31-15-14-28(18-21(31)2)20-30-33-32(28)26-12-7-11-25(29)17-26/h4-13,16-17,21,30H,3,14-15,18-20H2,1-2H3/t21-,28+/m0/s1. The number of anilines is 1. The Hall–Kier alpha value is -2.34. The van der Waals surface area contributed by atoms with Gasteiger partial charge in [-0.25, -0.2) is 9.11 Å². The van der Waals surface area contributed by atoms with Gasteiger partial charge in [-0.2, -0.15) is 0 Å². The lowest BCUT2D eigenvalue weighted by Gasteiger charge is -2.47. The van der Waals surface area contributed by atoms with Gasteiger partial charge in [0.1, 0.15) is 5.82 Å². The van der Waals surface area contributed by atoms with Crippen LogP contribution in [-0.4, -0.2) is 29.6 Å². The molecule has 0 amide bonds. The van der Waals surface area contributed by atoms with Crippen molar-refractivity contribution in [3.63, 3.8) is 0 Å². The van der Waals surface area contributed by atoms with Crippen molar-refractivity contribution >= 4 is 17.8 Å². The van der Waals surface area contributed by atoms with Crippen LogP contribution in [0.15, 0.2) is 72.8 Å². The van der Waals surface area contributed by atoms with Crippen molar-refractivity contribution in [1.29, 1.82) is 0 Å². The number of rotatable bonds is 5. The van der Waals surface area contributed by atoms with E-state index in [1.165, 1.54) is 28.3 Å². The van der Waals surface area contributed by atoms with E-state index >= 15 is 0 Å². The number of nitrogens with one attached hydrogen (secondary N) is 1. The van der Waals surface area contributed by atoms with Crippen molar-refractivity contribution in [3.05, 3.63) is 89.7 Å². The van der Waals surface area contributed by atoms with E-state index in [9.17, 15) is 4.39 Å². The third-order valence-corrected chi connectivity index (χ3v) is 8.27. The lowest BCUT2D eigenvalue weighted by Crippen LogP contribution is -2.56. The highest BCUT2D eigenvalue weighted by atomic mass is 32.2. The molecular formula is C28H32FN3S. The zero-order chi connectivity index (χ0) is 22.8. The summed E-state index contributed by atoms with van der Waals surface area (Å²) in [7, 11) is 0. The summed E-state index contributed by atoms with van der Waals surface area (Å²) in [5.74, 6) is -0.176. The highest BCUT2D eigenvalue weighted by molar-refractivity contribution is 7.99. The maximum Gasteiger partial charge on any atom is 0.125 e. The Morgan fingerprint density at radius 2 is 1.91 bits per heavy atom. The van der Waals surface area contributed by atoms with Gasteiger partial charge in [-0.1, -0.05) is 55.5 Å². The SMILES string of the molecule is CCc1ccccc1-c1cccc(CN2CC[C@]3(CNSN3c3cccc(F)c3)C[C@@H]2C)c1. The number of halogens is 1. The van der Waals surface area contributed by atoms with Crippen LogP contribution in [0.3, 0.4) is 0 Å². The second kappa shape index (κ2) is 9.49. The summed E-state index contributed by atoms with van der Waals surface area (Å²) < 4.78 is 19.7. The molecule has 5 rings (SSSR count). The van der Waals surface area contributed by atoms with Gasteiger partial charge in [0.25, 0.3) is 0 Å². The second-order valence-electron chi connectivity index (χ2n) is 9.40. The van der Waals surface area contributed by atoms with Crippen LogP contribution in [0.1, 0.15) is 37.8 Å². The van der Waals surface area contributed by atoms with Crippen LogP contribution in [0.2, 0.25) is 0 Å². The minimum Gasteiger partial charge on any atom is -0.296 e. The zero-order valence-corrected chi connectivity index (χ0v) is 20.2. The van der Waals surface area contributed by atoms with Crippen LogP contribution in [0.4, 0.5) is 10.1 Å². The number of piperidine rings is 1. The number of nitrogens with zero attached hydrogens (tertiary/aromatic N) is 2. The third-order valence-electron chi connectivity index (χ3n) is 7.22. The van der Waals surface area contributed by atoms with E-state index in [1.54, 1.807) is 24.3 Å². The summed E-state index contributed by atoms with van der Waals surface area (Å²) in [6.45, 7) is 7.47. The van der Waals surface area contributed by atoms with E-state index in [0.29, 0.717) is 6.04 Å². The van der Waals surface area contributed by atoms with E-state index in [-0.39, 0.29) is 11.4 Å². The maximum atomic E-state index is 13.9. The van der Waals surface area contributed by atoms with Crippen molar-refractivity contribution in [2.45, 2.75) is 51.2 Å². The maximum absolute atomic E-state index is 13.9. The normalized spacial score (nSPS) is 23.4. The van der Waals surface area contributed by atoms with Gasteiger partial charge in [0, 0.05) is 37.8 Å². The first kappa shape index (κ1) is 22.5. The van der Waals surface area contributed by atoms with Crippen molar-refractivity contribution < 1.29 is 4.39 Å². The predicted octanol–water partition coefficient (Wildman–Crippen LogP) is 6.45. The average Bonchev–Trinajstić information content (AvgIpc) is 3.24. The smallest absolute Gasteiger partial charge is 0.125 e. The van der Waals surface area contributed by atoms with Crippen molar-refractivity contribution in [2.24, 2.45) is 0 Å². The lowest BCUT2D eigenvalue weighted by molar-refractivity contribution is 0.106. The summed E-state index contributed by atoms with van der Waals surface area (Å²) >= 11 is 1.62. The minimum absolute atomic E-state index is 0.0241. The number of aryl methyl sites for hydroxylation is 1. The molecule has 0 bridgehead atoms. The van der Waals surface area contributed by atoms with E-state index in [2.05, 4.69) is 76.3 Å². The monoisotopic (exact) mass is 461 g/mol. The summed E-state index contributed by atoms with van der Waals surface area (Å²) in [5.41, 5.74) is 6.38. The minimum atomic E-state index is -0.176. The van der Waals surface area contributed by atoms with E-state index in [1.807, 2.05) is 6.07 Å². The van der Waals surface area contributed by atoms with Gasteiger partial charge in [0.05, 0.1) is 11.2 Å². The molecule has 3 nitrogen and oxygen atoms in total. The molecule has 0 radical (unpaired) electrons. The first-order chi connectivity index (χ1) is 16.1. The number of hydrogen-bond donors (Lipinski definition) is 1. The van der Waals surface area contributed by atoms with Gasteiger partial charge in [0.15, 0.2) is 0 Å².